The summed E-state index contributed by atoms with van der Waals surface area (Å²) < 4.78 is 6.53. The van der Waals surface area contributed by atoms with Crippen LogP contribution in [0.15, 0.2) is 42.9 Å². The van der Waals surface area contributed by atoms with Crippen LogP contribution in [-0.4, -0.2) is 71.8 Å². The zero-order valence-corrected chi connectivity index (χ0v) is 23.9. The van der Waals surface area contributed by atoms with Gasteiger partial charge < -0.3 is 25.0 Å². The third-order valence-electron chi connectivity index (χ3n) is 6.93. The summed E-state index contributed by atoms with van der Waals surface area (Å²) >= 11 is 1.54. The summed E-state index contributed by atoms with van der Waals surface area (Å²) in [6.45, 7) is 10.3. The molecule has 0 aliphatic carbocycles. The third-order valence-corrected chi connectivity index (χ3v) is 7.99. The van der Waals surface area contributed by atoms with Crippen molar-refractivity contribution >= 4 is 45.2 Å². The molecule has 0 aromatic carbocycles. The minimum Gasteiger partial charge on any atom is -0.444 e. The van der Waals surface area contributed by atoms with E-state index in [0.29, 0.717) is 36.4 Å². The van der Waals surface area contributed by atoms with Crippen LogP contribution < -0.4 is 10.2 Å². The number of pyridine rings is 2. The quantitative estimate of drug-likeness (QED) is 0.354. The van der Waals surface area contributed by atoms with Gasteiger partial charge in [-0.25, -0.2) is 19.7 Å². The number of carbonyl (C=O) groups is 1. The maximum absolute atomic E-state index is 12.6. The van der Waals surface area contributed by atoms with Crippen LogP contribution >= 0.6 is 11.3 Å². The van der Waals surface area contributed by atoms with Crippen LogP contribution in [0.4, 0.5) is 22.4 Å². The molecular formula is C28H32N8O3S. The Hall–Kier alpha value is -3.90. The number of amides is 1. The van der Waals surface area contributed by atoms with E-state index in [1.54, 1.807) is 38.5 Å². The van der Waals surface area contributed by atoms with E-state index < -0.39 is 11.2 Å². The van der Waals surface area contributed by atoms with Crippen molar-refractivity contribution in [2.24, 2.45) is 0 Å². The fourth-order valence-electron chi connectivity index (χ4n) is 5.07. The molecule has 0 spiro atoms. The topological polar surface area (TPSA) is 129 Å². The molecular weight excluding hydrogens is 528 g/mol. The molecule has 208 valence electrons. The van der Waals surface area contributed by atoms with Crippen molar-refractivity contribution in [3.8, 4) is 10.6 Å². The number of piperazine rings is 1. The number of ether oxygens (including phenoxy) is 1. The van der Waals surface area contributed by atoms with Gasteiger partial charge in [-0.15, -0.1) is 11.3 Å². The summed E-state index contributed by atoms with van der Waals surface area (Å²) in [5, 5.41) is 14.4. The smallest absolute Gasteiger partial charge is 0.410 e. The molecule has 4 aromatic heterocycles. The highest BCUT2D eigenvalue weighted by Gasteiger charge is 2.47. The summed E-state index contributed by atoms with van der Waals surface area (Å²) in [7, 11) is 0. The molecule has 6 heterocycles. The number of aromatic nitrogens is 5. The van der Waals surface area contributed by atoms with E-state index in [4.69, 9.17) is 14.7 Å². The first kappa shape index (κ1) is 26.3. The number of nitrogens with zero attached hydrogens (tertiary/aromatic N) is 7. The lowest BCUT2D eigenvalue weighted by atomic mass is 10.0. The Morgan fingerprint density at radius 1 is 1.02 bits per heavy atom. The molecule has 0 radical (unpaired) electrons. The van der Waals surface area contributed by atoms with Crippen molar-refractivity contribution in [1.29, 1.82) is 0 Å². The van der Waals surface area contributed by atoms with Gasteiger partial charge in [0.25, 0.3) is 0 Å². The van der Waals surface area contributed by atoms with E-state index in [9.17, 15) is 9.90 Å². The number of likely N-dealkylation sites (tertiary alicyclic amines) is 1. The molecule has 2 atom stereocenters. The lowest BCUT2D eigenvalue weighted by molar-refractivity contribution is 0.0214. The zero-order chi connectivity index (χ0) is 28.2. The fourth-order valence-corrected chi connectivity index (χ4v) is 5.98. The lowest BCUT2D eigenvalue weighted by Gasteiger charge is -2.35. The van der Waals surface area contributed by atoms with E-state index in [2.05, 4.69) is 25.2 Å². The maximum atomic E-state index is 12.6. The minimum absolute atomic E-state index is 0.0860. The van der Waals surface area contributed by atoms with Crippen molar-refractivity contribution in [1.82, 2.24) is 29.8 Å². The normalized spacial score (nSPS) is 18.9. The first-order valence-corrected chi connectivity index (χ1v) is 14.1. The van der Waals surface area contributed by atoms with Crippen molar-refractivity contribution in [3.05, 3.63) is 48.5 Å². The molecule has 0 saturated carbocycles. The van der Waals surface area contributed by atoms with Gasteiger partial charge in [-0.05, 0) is 59.2 Å². The van der Waals surface area contributed by atoms with Gasteiger partial charge in [0.1, 0.15) is 27.8 Å². The number of fused-ring (bicyclic) bond motifs is 3. The van der Waals surface area contributed by atoms with Crippen LogP contribution in [0, 0.1) is 0 Å². The largest absolute Gasteiger partial charge is 0.444 e. The van der Waals surface area contributed by atoms with E-state index in [-0.39, 0.29) is 18.2 Å². The zero-order valence-electron chi connectivity index (χ0n) is 23.1. The monoisotopic (exact) mass is 560 g/mol. The first-order chi connectivity index (χ1) is 18.9. The van der Waals surface area contributed by atoms with E-state index in [1.807, 2.05) is 43.9 Å². The number of rotatable bonds is 5. The number of hydrogen-bond donors (Lipinski definition) is 2. The fraction of sp³-hybridized carbons (Fsp3) is 0.429. The molecule has 2 fully saturated rings. The maximum Gasteiger partial charge on any atom is 0.410 e. The summed E-state index contributed by atoms with van der Waals surface area (Å²) in [4.78, 5) is 39.5. The van der Waals surface area contributed by atoms with Crippen LogP contribution in [0.25, 0.3) is 20.8 Å². The van der Waals surface area contributed by atoms with Crippen molar-refractivity contribution in [2.45, 2.75) is 64.3 Å². The highest BCUT2D eigenvalue weighted by Crippen LogP contribution is 2.35. The number of thiazole rings is 1. The van der Waals surface area contributed by atoms with Gasteiger partial charge in [-0.3, -0.25) is 4.98 Å². The van der Waals surface area contributed by atoms with Crippen LogP contribution in [0.3, 0.4) is 0 Å². The molecule has 1 amide bonds. The van der Waals surface area contributed by atoms with Crippen LogP contribution in [0.2, 0.25) is 0 Å². The van der Waals surface area contributed by atoms with Gasteiger partial charge in [0, 0.05) is 43.3 Å². The molecule has 2 N–H and O–H groups in total. The molecule has 11 nitrogen and oxygen atoms in total. The summed E-state index contributed by atoms with van der Waals surface area (Å²) in [6, 6.07) is 7.69. The Labute approximate surface area is 236 Å². The molecule has 2 bridgehead atoms. The molecule has 2 saturated heterocycles. The highest BCUT2D eigenvalue weighted by atomic mass is 32.1. The Bertz CT molecular complexity index is 1580. The second-order valence-corrected chi connectivity index (χ2v) is 12.8. The highest BCUT2D eigenvalue weighted by molar-refractivity contribution is 7.21. The first-order valence-electron chi connectivity index (χ1n) is 13.3. The van der Waals surface area contributed by atoms with Crippen LogP contribution in [0.1, 0.15) is 46.7 Å². The van der Waals surface area contributed by atoms with Crippen molar-refractivity contribution in [3.63, 3.8) is 0 Å². The SMILES string of the molecule is CC(C)(C)OC(=O)N1C[C@@H]2C[C@H]1CN2c1nccc(Nc2cc3nc(-c4ccnc(C(C)(C)O)c4)sc3cn2)n1. The standard InChI is InChI=1S/C28H32N8O3S/c1-27(2,3)39-26(37)36-15-17-11-18(36)14-35(17)25-30-9-7-22(34-25)33-23-12-19-20(13-31-23)40-24(32-19)16-6-8-29-21(10-16)28(4,5)38/h6-10,12-13,17-18,38H,11,14-15H2,1-5H3,(H,30,31,33,34)/t17-,18-/m0/s1. The van der Waals surface area contributed by atoms with Gasteiger partial charge in [0.2, 0.25) is 5.95 Å². The number of carbonyl (C=O) groups excluding carboxylic acids is 1. The van der Waals surface area contributed by atoms with E-state index in [1.165, 1.54) is 11.3 Å². The summed E-state index contributed by atoms with van der Waals surface area (Å²) in [6.07, 6.45) is 5.83. The number of anilines is 3. The molecule has 12 heteroatoms. The number of hydrogen-bond acceptors (Lipinski definition) is 11. The second-order valence-electron chi connectivity index (χ2n) is 11.7. The Kier molecular flexibility index (Phi) is 6.34. The second kappa shape index (κ2) is 9.63. The molecule has 4 aromatic rings. The molecule has 0 unspecified atom stereocenters. The van der Waals surface area contributed by atoms with Crippen LogP contribution in [0.5, 0.6) is 0 Å². The predicted molar refractivity (Wildman–Crippen MR) is 154 cm³/mol. The molecule has 6 rings (SSSR count). The lowest BCUT2D eigenvalue weighted by Crippen LogP contribution is -2.50. The Morgan fingerprint density at radius 2 is 1.82 bits per heavy atom. The average molecular weight is 561 g/mol. The van der Waals surface area contributed by atoms with E-state index in [0.717, 1.165) is 27.2 Å². The van der Waals surface area contributed by atoms with Gasteiger partial charge in [-0.2, -0.15) is 4.98 Å². The predicted octanol–water partition coefficient (Wildman–Crippen LogP) is 4.71. The van der Waals surface area contributed by atoms with Gasteiger partial charge in [0.05, 0.1) is 28.0 Å². The van der Waals surface area contributed by atoms with Crippen molar-refractivity contribution in [2.75, 3.05) is 23.3 Å². The Morgan fingerprint density at radius 3 is 2.55 bits per heavy atom. The van der Waals surface area contributed by atoms with Gasteiger partial charge in [0.15, 0.2) is 0 Å². The number of nitrogens with one attached hydrogen (secondary N) is 1. The van der Waals surface area contributed by atoms with Crippen LogP contribution in [-0.2, 0) is 10.3 Å². The minimum atomic E-state index is -1.03. The third kappa shape index (κ3) is 5.28. The molecule has 2 aliphatic heterocycles. The van der Waals surface area contributed by atoms with Crippen molar-refractivity contribution < 1.29 is 14.6 Å². The average Bonchev–Trinajstić information content (AvgIpc) is 3.62. The molecule has 40 heavy (non-hydrogen) atoms. The summed E-state index contributed by atoms with van der Waals surface area (Å²) in [5.41, 5.74) is 0.751. The summed E-state index contributed by atoms with van der Waals surface area (Å²) in [5.74, 6) is 1.88. The Balaban J connectivity index is 1.16. The molecule has 2 aliphatic rings. The number of aliphatic hydroxyl groups is 1. The van der Waals surface area contributed by atoms with Gasteiger partial charge in [-0.1, -0.05) is 0 Å². The van der Waals surface area contributed by atoms with Gasteiger partial charge >= 0.3 is 6.09 Å². The van der Waals surface area contributed by atoms with E-state index >= 15 is 0 Å².